The Labute approximate surface area is 138 Å². The molecule has 1 N–H and O–H groups in total. The van der Waals surface area contributed by atoms with Gasteiger partial charge in [0, 0.05) is 18.8 Å². The first kappa shape index (κ1) is 14.2. The summed E-state index contributed by atoms with van der Waals surface area (Å²) in [6, 6.07) is 17.3. The van der Waals surface area contributed by atoms with E-state index in [1.807, 2.05) is 60.1 Å². The van der Waals surface area contributed by atoms with E-state index in [9.17, 15) is 0 Å². The first-order valence-corrected chi connectivity index (χ1v) is 7.51. The molecule has 0 saturated heterocycles. The number of aryl methyl sites for hydroxylation is 1. The Bertz CT molecular complexity index is 981. The van der Waals surface area contributed by atoms with Crippen molar-refractivity contribution >= 4 is 22.5 Å². The molecule has 0 saturated carbocycles. The van der Waals surface area contributed by atoms with Crippen molar-refractivity contribution in [2.45, 2.75) is 0 Å². The number of aromatic nitrogens is 4. The number of fused-ring (bicyclic) bond motifs is 1. The van der Waals surface area contributed by atoms with Gasteiger partial charge in [0.25, 0.3) is 0 Å². The van der Waals surface area contributed by atoms with Gasteiger partial charge in [-0.1, -0.05) is 18.2 Å². The van der Waals surface area contributed by atoms with Crippen LogP contribution in [0.25, 0.3) is 11.0 Å². The van der Waals surface area contributed by atoms with Crippen molar-refractivity contribution in [1.82, 2.24) is 19.5 Å². The van der Waals surface area contributed by atoms with Crippen LogP contribution >= 0.6 is 0 Å². The van der Waals surface area contributed by atoms with E-state index >= 15 is 0 Å². The van der Waals surface area contributed by atoms with Crippen molar-refractivity contribution in [3.05, 3.63) is 67.3 Å². The quantitative estimate of drug-likeness (QED) is 0.618. The zero-order valence-corrected chi connectivity index (χ0v) is 13.0. The van der Waals surface area contributed by atoms with E-state index in [-0.39, 0.29) is 0 Å². The van der Waals surface area contributed by atoms with E-state index in [1.54, 1.807) is 12.4 Å². The van der Waals surface area contributed by atoms with Crippen LogP contribution in [0.3, 0.4) is 0 Å². The maximum Gasteiger partial charge on any atom is 0.224 e. The smallest absolute Gasteiger partial charge is 0.224 e. The highest BCUT2D eigenvalue weighted by atomic mass is 16.5. The first-order chi connectivity index (χ1) is 11.8. The van der Waals surface area contributed by atoms with Gasteiger partial charge in [-0.05, 0) is 30.3 Å². The van der Waals surface area contributed by atoms with Gasteiger partial charge in [-0.2, -0.15) is 0 Å². The summed E-state index contributed by atoms with van der Waals surface area (Å²) in [6.07, 6.45) is 3.27. The fraction of sp³-hybridized carbons (Fsp3) is 0.0556. The third-order valence-corrected chi connectivity index (χ3v) is 3.61. The molecule has 2 heterocycles. The molecule has 6 nitrogen and oxygen atoms in total. The zero-order chi connectivity index (χ0) is 16.4. The van der Waals surface area contributed by atoms with Crippen LogP contribution in [-0.4, -0.2) is 19.5 Å². The molecule has 2 aromatic carbocycles. The summed E-state index contributed by atoms with van der Waals surface area (Å²) >= 11 is 0. The highest BCUT2D eigenvalue weighted by molar-refractivity contribution is 5.80. The Kier molecular flexibility index (Phi) is 3.55. The molecule has 0 amide bonds. The van der Waals surface area contributed by atoms with Crippen LogP contribution in [-0.2, 0) is 7.05 Å². The third kappa shape index (κ3) is 2.89. The molecule has 118 valence electrons. The zero-order valence-electron chi connectivity index (χ0n) is 13.0. The number of rotatable bonds is 4. The third-order valence-electron chi connectivity index (χ3n) is 3.61. The maximum atomic E-state index is 5.72. The molecule has 6 heteroatoms. The highest BCUT2D eigenvalue weighted by Crippen LogP contribution is 2.23. The molecule has 0 spiro atoms. The lowest BCUT2D eigenvalue weighted by molar-refractivity contribution is 0.462. The number of nitrogens with one attached hydrogen (secondary N) is 1. The Morgan fingerprint density at radius 3 is 2.71 bits per heavy atom. The summed E-state index contributed by atoms with van der Waals surface area (Å²) < 4.78 is 7.71. The molecule has 0 radical (unpaired) electrons. The maximum absolute atomic E-state index is 5.72. The van der Waals surface area contributed by atoms with Gasteiger partial charge in [0.2, 0.25) is 5.88 Å². The van der Waals surface area contributed by atoms with Gasteiger partial charge in [-0.3, -0.25) is 0 Å². The monoisotopic (exact) mass is 317 g/mol. The molecular weight excluding hydrogens is 302 g/mol. The van der Waals surface area contributed by atoms with Gasteiger partial charge in [0.1, 0.15) is 17.9 Å². The minimum atomic E-state index is 0.484. The number of hydrogen-bond acceptors (Lipinski definition) is 5. The lowest BCUT2D eigenvalue weighted by Gasteiger charge is -2.08. The summed E-state index contributed by atoms with van der Waals surface area (Å²) in [4.78, 5) is 12.7. The van der Waals surface area contributed by atoms with Crippen LogP contribution in [0.1, 0.15) is 0 Å². The van der Waals surface area contributed by atoms with Crippen LogP contribution in [0.15, 0.2) is 67.3 Å². The Morgan fingerprint density at radius 1 is 0.958 bits per heavy atom. The van der Waals surface area contributed by atoms with Crippen molar-refractivity contribution in [3.8, 4) is 11.6 Å². The average Bonchev–Trinajstić information content (AvgIpc) is 2.97. The number of anilines is 2. The van der Waals surface area contributed by atoms with E-state index in [4.69, 9.17) is 4.74 Å². The summed E-state index contributed by atoms with van der Waals surface area (Å²) in [6.45, 7) is 0. The van der Waals surface area contributed by atoms with Crippen LogP contribution in [0.2, 0.25) is 0 Å². The predicted molar refractivity (Wildman–Crippen MR) is 92.5 cm³/mol. The average molecular weight is 317 g/mol. The van der Waals surface area contributed by atoms with Gasteiger partial charge in [-0.25, -0.2) is 15.0 Å². The molecule has 24 heavy (non-hydrogen) atoms. The Morgan fingerprint density at radius 2 is 1.83 bits per heavy atom. The van der Waals surface area contributed by atoms with E-state index in [2.05, 4.69) is 20.3 Å². The molecule has 4 aromatic rings. The lowest BCUT2D eigenvalue weighted by Crippen LogP contribution is -1.96. The Balaban J connectivity index is 1.56. The van der Waals surface area contributed by atoms with Gasteiger partial charge in [-0.15, -0.1) is 0 Å². The van der Waals surface area contributed by atoms with Crippen molar-refractivity contribution in [2.24, 2.45) is 7.05 Å². The number of hydrogen-bond donors (Lipinski definition) is 1. The standard InChI is InChI=1S/C18H15N5O/c1-23-12-21-15-9-13(7-8-16(15)23)22-17-10-18(20-11-19-17)24-14-5-3-2-4-6-14/h2-12H,1H3,(H,19,20,22). The van der Waals surface area contributed by atoms with E-state index in [0.717, 1.165) is 22.5 Å². The topological polar surface area (TPSA) is 64.9 Å². The minimum absolute atomic E-state index is 0.484. The fourth-order valence-electron chi connectivity index (χ4n) is 2.43. The highest BCUT2D eigenvalue weighted by Gasteiger charge is 2.04. The summed E-state index contributed by atoms with van der Waals surface area (Å²) in [5, 5.41) is 3.25. The lowest BCUT2D eigenvalue weighted by atomic mass is 10.2. The number of imidazole rings is 1. The molecule has 0 aliphatic carbocycles. The Hall–Kier alpha value is -3.41. The molecule has 0 fully saturated rings. The second kappa shape index (κ2) is 6.00. The molecule has 0 atom stereocenters. The van der Waals surface area contributed by atoms with Crippen molar-refractivity contribution in [1.29, 1.82) is 0 Å². The van der Waals surface area contributed by atoms with Gasteiger partial charge in [0.15, 0.2) is 0 Å². The summed E-state index contributed by atoms with van der Waals surface area (Å²) in [5.41, 5.74) is 2.92. The number of nitrogens with zero attached hydrogens (tertiary/aromatic N) is 4. The SMILES string of the molecule is Cn1cnc2cc(Nc3cc(Oc4ccccc4)ncn3)ccc21. The first-order valence-electron chi connectivity index (χ1n) is 7.51. The van der Waals surface area contributed by atoms with Gasteiger partial charge >= 0.3 is 0 Å². The number of para-hydroxylation sites is 1. The van der Waals surface area contributed by atoms with Crippen molar-refractivity contribution in [2.75, 3.05) is 5.32 Å². The normalized spacial score (nSPS) is 10.7. The predicted octanol–water partition coefficient (Wildman–Crippen LogP) is 3.90. The molecule has 0 aliphatic heterocycles. The number of ether oxygens (including phenoxy) is 1. The minimum Gasteiger partial charge on any atom is -0.439 e. The fourth-order valence-corrected chi connectivity index (χ4v) is 2.43. The van der Waals surface area contributed by atoms with Crippen LogP contribution < -0.4 is 10.1 Å². The second-order valence-electron chi connectivity index (χ2n) is 5.34. The molecular formula is C18H15N5O. The molecule has 0 unspecified atom stereocenters. The van der Waals surface area contributed by atoms with Gasteiger partial charge < -0.3 is 14.6 Å². The largest absolute Gasteiger partial charge is 0.439 e. The van der Waals surface area contributed by atoms with Crippen LogP contribution in [0, 0.1) is 0 Å². The van der Waals surface area contributed by atoms with Crippen molar-refractivity contribution in [3.63, 3.8) is 0 Å². The van der Waals surface area contributed by atoms with Crippen molar-refractivity contribution < 1.29 is 4.74 Å². The van der Waals surface area contributed by atoms with Crippen LogP contribution in [0.4, 0.5) is 11.5 Å². The van der Waals surface area contributed by atoms with E-state index in [0.29, 0.717) is 11.7 Å². The van der Waals surface area contributed by atoms with E-state index in [1.165, 1.54) is 6.33 Å². The number of benzene rings is 2. The summed E-state index contributed by atoms with van der Waals surface area (Å²) in [5.74, 6) is 1.88. The van der Waals surface area contributed by atoms with Crippen LogP contribution in [0.5, 0.6) is 11.6 Å². The summed E-state index contributed by atoms with van der Waals surface area (Å²) in [7, 11) is 1.97. The second-order valence-corrected chi connectivity index (χ2v) is 5.34. The molecule has 4 rings (SSSR count). The molecule has 2 aromatic heterocycles. The van der Waals surface area contributed by atoms with E-state index < -0.39 is 0 Å². The van der Waals surface area contributed by atoms with Gasteiger partial charge in [0.05, 0.1) is 17.4 Å². The molecule has 0 bridgehead atoms. The molecule has 0 aliphatic rings.